The van der Waals surface area contributed by atoms with Gasteiger partial charge in [0.2, 0.25) is 0 Å². The second kappa shape index (κ2) is 9.85. The lowest BCUT2D eigenvalue weighted by molar-refractivity contribution is 0.321. The van der Waals surface area contributed by atoms with Gasteiger partial charge >= 0.3 is 0 Å². The van der Waals surface area contributed by atoms with Crippen molar-refractivity contribution in [3.8, 4) is 5.75 Å². The minimum absolute atomic E-state index is 0.358. The van der Waals surface area contributed by atoms with Gasteiger partial charge in [-0.3, -0.25) is 4.99 Å². The minimum Gasteiger partial charge on any atom is -0.492 e. The Morgan fingerprint density at radius 3 is 2.42 bits per heavy atom. The lowest BCUT2D eigenvalue weighted by Crippen LogP contribution is -2.38. The normalized spacial score (nSPS) is 11.9. The number of aliphatic imine (C=N–C) groups is 1. The van der Waals surface area contributed by atoms with Crippen LogP contribution in [-0.4, -0.2) is 31.3 Å². The number of nitrogens with one attached hydrogen (secondary N) is 2. The molecule has 6 heteroatoms. The minimum atomic E-state index is 0.358. The number of ether oxygens (including phenoxy) is 1. The summed E-state index contributed by atoms with van der Waals surface area (Å²) in [6.07, 6.45) is 0. The second-order valence-corrected chi connectivity index (χ2v) is 6.80. The Balaban J connectivity index is 1.69. The van der Waals surface area contributed by atoms with Gasteiger partial charge in [-0.05, 0) is 29.5 Å². The summed E-state index contributed by atoms with van der Waals surface area (Å²) < 4.78 is 11.1. The van der Waals surface area contributed by atoms with Gasteiger partial charge in [-0.2, -0.15) is 0 Å². The molecule has 0 bridgehead atoms. The van der Waals surface area contributed by atoms with Crippen molar-refractivity contribution < 1.29 is 9.26 Å². The molecular formula is C20H30N4O2. The van der Waals surface area contributed by atoms with E-state index in [-0.39, 0.29) is 0 Å². The molecule has 2 N–H and O–H groups in total. The third-order valence-electron chi connectivity index (χ3n) is 4.03. The fourth-order valence-electron chi connectivity index (χ4n) is 2.36. The van der Waals surface area contributed by atoms with Crippen LogP contribution < -0.4 is 15.4 Å². The molecule has 0 atom stereocenters. The maximum absolute atomic E-state index is 5.75. The summed E-state index contributed by atoms with van der Waals surface area (Å²) in [6, 6.07) is 10.2. The van der Waals surface area contributed by atoms with Gasteiger partial charge in [0.05, 0.1) is 18.8 Å². The Hall–Kier alpha value is -2.50. The van der Waals surface area contributed by atoms with E-state index in [0.717, 1.165) is 17.2 Å². The average Bonchev–Trinajstić information content (AvgIpc) is 3.11. The Morgan fingerprint density at radius 1 is 1.12 bits per heavy atom. The molecule has 1 aromatic heterocycles. The van der Waals surface area contributed by atoms with Crippen molar-refractivity contribution in [3.05, 3.63) is 47.3 Å². The van der Waals surface area contributed by atoms with Crippen molar-refractivity contribution >= 4 is 5.96 Å². The van der Waals surface area contributed by atoms with E-state index in [2.05, 4.69) is 60.6 Å². The highest BCUT2D eigenvalue weighted by molar-refractivity contribution is 5.79. The van der Waals surface area contributed by atoms with Crippen LogP contribution >= 0.6 is 0 Å². The number of nitrogens with zero attached hydrogens (tertiary/aromatic N) is 2. The number of benzene rings is 1. The third kappa shape index (κ3) is 6.10. The molecule has 1 aromatic carbocycles. The predicted molar refractivity (Wildman–Crippen MR) is 105 cm³/mol. The molecule has 0 radical (unpaired) electrons. The van der Waals surface area contributed by atoms with Crippen LogP contribution in [0.3, 0.4) is 0 Å². The summed E-state index contributed by atoms with van der Waals surface area (Å²) in [5.74, 6) is 3.25. The second-order valence-electron chi connectivity index (χ2n) is 6.80. The molecule has 0 unspecified atom stereocenters. The first-order valence-corrected chi connectivity index (χ1v) is 9.12. The van der Waals surface area contributed by atoms with Crippen molar-refractivity contribution in [2.45, 2.75) is 46.1 Å². The van der Waals surface area contributed by atoms with Crippen LogP contribution in [-0.2, 0) is 6.54 Å². The summed E-state index contributed by atoms with van der Waals surface area (Å²) in [7, 11) is 1.74. The Bertz CT molecular complexity index is 690. The van der Waals surface area contributed by atoms with Gasteiger partial charge in [0, 0.05) is 13.1 Å². The lowest BCUT2D eigenvalue weighted by Gasteiger charge is -2.12. The number of guanidine groups is 1. The van der Waals surface area contributed by atoms with E-state index in [1.165, 1.54) is 5.56 Å². The maximum Gasteiger partial charge on any atom is 0.191 e. The van der Waals surface area contributed by atoms with Crippen molar-refractivity contribution in [1.82, 2.24) is 15.8 Å². The summed E-state index contributed by atoms with van der Waals surface area (Å²) in [5, 5.41) is 10.5. The van der Waals surface area contributed by atoms with Gasteiger partial charge in [-0.25, -0.2) is 0 Å². The predicted octanol–water partition coefficient (Wildman–Crippen LogP) is 3.67. The summed E-state index contributed by atoms with van der Waals surface area (Å²) in [4.78, 5) is 4.20. The SMILES string of the molecule is CN=C(NCCOc1ccc(C(C)C)cc1)NCc1cc(C(C)C)no1. The lowest BCUT2D eigenvalue weighted by atomic mass is 10.0. The highest BCUT2D eigenvalue weighted by Crippen LogP contribution is 2.18. The van der Waals surface area contributed by atoms with Crippen molar-refractivity contribution in [2.75, 3.05) is 20.2 Å². The highest BCUT2D eigenvalue weighted by Gasteiger charge is 2.08. The van der Waals surface area contributed by atoms with Crippen LogP contribution in [0.4, 0.5) is 0 Å². The molecule has 6 nitrogen and oxygen atoms in total. The first-order valence-electron chi connectivity index (χ1n) is 9.12. The summed E-state index contributed by atoms with van der Waals surface area (Å²) >= 11 is 0. The van der Waals surface area contributed by atoms with Crippen LogP contribution in [0.5, 0.6) is 5.75 Å². The molecular weight excluding hydrogens is 328 g/mol. The Kier molecular flexibility index (Phi) is 7.51. The molecule has 26 heavy (non-hydrogen) atoms. The topological polar surface area (TPSA) is 71.7 Å². The zero-order valence-corrected chi connectivity index (χ0v) is 16.4. The summed E-state index contributed by atoms with van der Waals surface area (Å²) in [6.45, 7) is 10.3. The van der Waals surface area contributed by atoms with E-state index >= 15 is 0 Å². The molecule has 0 spiro atoms. The Morgan fingerprint density at radius 2 is 1.85 bits per heavy atom. The quantitative estimate of drug-likeness (QED) is 0.428. The molecule has 0 aliphatic heterocycles. The molecule has 0 aliphatic carbocycles. The average molecular weight is 358 g/mol. The molecule has 2 aromatic rings. The molecule has 1 heterocycles. The monoisotopic (exact) mass is 358 g/mol. The van der Waals surface area contributed by atoms with Gasteiger partial charge < -0.3 is 19.9 Å². The number of hydrogen-bond donors (Lipinski definition) is 2. The van der Waals surface area contributed by atoms with E-state index in [1.54, 1.807) is 7.05 Å². The standard InChI is InChI=1S/C20H30N4O2/c1-14(2)16-6-8-17(9-7-16)25-11-10-22-20(21-5)23-13-18-12-19(15(3)4)24-26-18/h6-9,12,14-15H,10-11,13H2,1-5H3,(H2,21,22,23). The van der Waals surface area contributed by atoms with E-state index in [1.807, 2.05) is 18.2 Å². The fourth-order valence-corrected chi connectivity index (χ4v) is 2.36. The first-order chi connectivity index (χ1) is 12.5. The van der Waals surface area contributed by atoms with Crippen LogP contribution in [0, 0.1) is 0 Å². The maximum atomic E-state index is 5.75. The van der Waals surface area contributed by atoms with Gasteiger partial charge in [0.25, 0.3) is 0 Å². The molecule has 2 rings (SSSR count). The smallest absolute Gasteiger partial charge is 0.191 e. The van der Waals surface area contributed by atoms with Gasteiger partial charge in [0.1, 0.15) is 12.4 Å². The van der Waals surface area contributed by atoms with Crippen molar-refractivity contribution in [3.63, 3.8) is 0 Å². The van der Waals surface area contributed by atoms with Crippen LogP contribution in [0.2, 0.25) is 0 Å². The molecule has 0 fully saturated rings. The van der Waals surface area contributed by atoms with Crippen LogP contribution in [0.1, 0.15) is 56.5 Å². The Labute approximate surface area is 156 Å². The van der Waals surface area contributed by atoms with E-state index < -0.39 is 0 Å². The zero-order valence-electron chi connectivity index (χ0n) is 16.4. The van der Waals surface area contributed by atoms with Crippen LogP contribution in [0.25, 0.3) is 0 Å². The molecule has 0 amide bonds. The van der Waals surface area contributed by atoms with Crippen molar-refractivity contribution in [2.24, 2.45) is 4.99 Å². The molecule has 0 aliphatic rings. The van der Waals surface area contributed by atoms with Gasteiger partial charge in [-0.1, -0.05) is 45.0 Å². The summed E-state index contributed by atoms with van der Waals surface area (Å²) in [5.41, 5.74) is 2.27. The largest absolute Gasteiger partial charge is 0.492 e. The van der Waals surface area contributed by atoms with Gasteiger partial charge in [0.15, 0.2) is 11.7 Å². The first kappa shape index (κ1) is 19.8. The van der Waals surface area contributed by atoms with E-state index in [9.17, 15) is 0 Å². The number of aromatic nitrogens is 1. The van der Waals surface area contributed by atoms with E-state index in [0.29, 0.717) is 37.5 Å². The number of hydrogen-bond acceptors (Lipinski definition) is 4. The fraction of sp³-hybridized carbons (Fsp3) is 0.500. The highest BCUT2D eigenvalue weighted by atomic mass is 16.5. The molecule has 0 saturated carbocycles. The zero-order chi connectivity index (χ0) is 18.9. The molecule has 142 valence electrons. The van der Waals surface area contributed by atoms with Crippen molar-refractivity contribution in [1.29, 1.82) is 0 Å². The third-order valence-corrected chi connectivity index (χ3v) is 4.03. The van der Waals surface area contributed by atoms with Crippen LogP contribution in [0.15, 0.2) is 39.8 Å². The van der Waals surface area contributed by atoms with E-state index in [4.69, 9.17) is 9.26 Å². The van der Waals surface area contributed by atoms with Gasteiger partial charge in [-0.15, -0.1) is 0 Å². The number of rotatable bonds is 8. The molecule has 0 saturated heterocycles.